The van der Waals surface area contributed by atoms with Crippen LogP contribution < -0.4 is 15.4 Å². The van der Waals surface area contributed by atoms with Gasteiger partial charge in [0.2, 0.25) is 10.0 Å². The molecule has 0 aromatic heterocycles. The van der Waals surface area contributed by atoms with Gasteiger partial charge in [-0.05, 0) is 80.5 Å². The zero-order chi connectivity index (χ0) is 22.9. The van der Waals surface area contributed by atoms with Gasteiger partial charge in [0.05, 0.1) is 11.5 Å². The molecule has 9 heteroatoms. The van der Waals surface area contributed by atoms with Gasteiger partial charge in [-0.1, -0.05) is 13.8 Å². The molecule has 2 aromatic carbocycles. The molecule has 0 bridgehead atoms. The molecule has 0 heterocycles. The minimum atomic E-state index is -3.54. The molecule has 0 radical (unpaired) electrons. The summed E-state index contributed by atoms with van der Waals surface area (Å²) < 4.78 is 32.5. The van der Waals surface area contributed by atoms with Crippen molar-refractivity contribution in [3.8, 4) is 5.75 Å². The SMILES string of the molecule is CCCN(CCC)S(=O)(=O)c1ccc(NC(=S)NC(=O)c2ccc(OCC)cc2)cc1. The topological polar surface area (TPSA) is 87.7 Å². The van der Waals surface area contributed by atoms with E-state index in [0.29, 0.717) is 36.7 Å². The Kier molecular flexibility index (Phi) is 9.42. The molecule has 2 rings (SSSR count). The first-order chi connectivity index (χ1) is 14.8. The van der Waals surface area contributed by atoms with E-state index in [4.69, 9.17) is 17.0 Å². The van der Waals surface area contributed by atoms with Crippen LogP contribution in [0.5, 0.6) is 5.75 Å². The van der Waals surface area contributed by atoms with Gasteiger partial charge in [-0.25, -0.2) is 8.42 Å². The third-order valence-corrected chi connectivity index (χ3v) is 6.47. The highest BCUT2D eigenvalue weighted by Gasteiger charge is 2.22. The van der Waals surface area contributed by atoms with E-state index < -0.39 is 10.0 Å². The van der Waals surface area contributed by atoms with Gasteiger partial charge in [0.25, 0.3) is 5.91 Å². The highest BCUT2D eigenvalue weighted by Crippen LogP contribution is 2.19. The molecule has 0 unspecified atom stereocenters. The summed E-state index contributed by atoms with van der Waals surface area (Å²) in [5.74, 6) is 0.334. The summed E-state index contributed by atoms with van der Waals surface area (Å²) in [6.07, 6.45) is 1.50. The Morgan fingerprint density at radius 1 is 0.968 bits per heavy atom. The van der Waals surface area contributed by atoms with Crippen LogP contribution in [0.15, 0.2) is 53.4 Å². The van der Waals surface area contributed by atoms with Crippen LogP contribution in [0, 0.1) is 0 Å². The second-order valence-corrected chi connectivity index (χ2v) is 9.14. The number of thiocarbonyl (C=S) groups is 1. The molecule has 0 fully saturated rings. The Bertz CT molecular complexity index is 969. The number of nitrogens with one attached hydrogen (secondary N) is 2. The molecule has 0 spiro atoms. The molecule has 0 atom stereocenters. The lowest BCUT2D eigenvalue weighted by atomic mass is 10.2. The Morgan fingerprint density at radius 2 is 1.55 bits per heavy atom. The normalized spacial score (nSPS) is 11.2. The number of anilines is 1. The van der Waals surface area contributed by atoms with Crippen LogP contribution in [0.25, 0.3) is 0 Å². The number of ether oxygens (including phenoxy) is 1. The Hall–Kier alpha value is -2.49. The van der Waals surface area contributed by atoms with E-state index in [0.717, 1.165) is 12.8 Å². The van der Waals surface area contributed by atoms with Crippen molar-refractivity contribution in [3.63, 3.8) is 0 Å². The number of carbonyl (C=O) groups is 1. The average molecular weight is 464 g/mol. The molecule has 2 N–H and O–H groups in total. The maximum Gasteiger partial charge on any atom is 0.257 e. The summed E-state index contributed by atoms with van der Waals surface area (Å²) in [4.78, 5) is 12.6. The minimum absolute atomic E-state index is 0.119. The predicted molar refractivity (Wildman–Crippen MR) is 127 cm³/mol. The monoisotopic (exact) mass is 463 g/mol. The molecular weight excluding hydrogens is 434 g/mol. The zero-order valence-electron chi connectivity index (χ0n) is 18.1. The smallest absolute Gasteiger partial charge is 0.257 e. The van der Waals surface area contributed by atoms with E-state index in [2.05, 4.69) is 10.6 Å². The number of rotatable bonds is 10. The van der Waals surface area contributed by atoms with Crippen molar-refractivity contribution < 1.29 is 17.9 Å². The fourth-order valence-electron chi connectivity index (χ4n) is 2.92. The maximum atomic E-state index is 12.8. The zero-order valence-corrected chi connectivity index (χ0v) is 19.7. The van der Waals surface area contributed by atoms with Crippen molar-refractivity contribution in [1.82, 2.24) is 9.62 Å². The molecule has 1 amide bonds. The summed E-state index contributed by atoms with van der Waals surface area (Å²) in [5, 5.41) is 5.62. The van der Waals surface area contributed by atoms with Crippen molar-refractivity contribution in [2.24, 2.45) is 0 Å². The van der Waals surface area contributed by atoms with Crippen molar-refractivity contribution in [2.45, 2.75) is 38.5 Å². The van der Waals surface area contributed by atoms with Crippen LogP contribution in [0.2, 0.25) is 0 Å². The van der Waals surface area contributed by atoms with E-state index in [-0.39, 0.29) is 15.9 Å². The van der Waals surface area contributed by atoms with Gasteiger partial charge in [-0.3, -0.25) is 10.1 Å². The fraction of sp³-hybridized carbons (Fsp3) is 0.364. The number of hydrogen-bond acceptors (Lipinski definition) is 5. The van der Waals surface area contributed by atoms with Gasteiger partial charge in [0.15, 0.2) is 5.11 Å². The second-order valence-electron chi connectivity index (χ2n) is 6.79. The van der Waals surface area contributed by atoms with Crippen molar-refractivity contribution in [2.75, 3.05) is 25.0 Å². The standard InChI is InChI=1S/C22H29N3O4S2/c1-4-15-25(16-5-2)31(27,28)20-13-9-18(10-14-20)23-22(30)24-21(26)17-7-11-19(12-8-17)29-6-3/h7-14H,4-6,15-16H2,1-3H3,(H2,23,24,26,30). The van der Waals surface area contributed by atoms with E-state index in [1.165, 1.54) is 16.4 Å². The molecule has 2 aromatic rings. The molecule has 31 heavy (non-hydrogen) atoms. The van der Waals surface area contributed by atoms with Gasteiger partial charge in [0, 0.05) is 24.3 Å². The van der Waals surface area contributed by atoms with Crippen LogP contribution in [0.4, 0.5) is 5.69 Å². The lowest BCUT2D eigenvalue weighted by Crippen LogP contribution is -2.34. The number of amides is 1. The Morgan fingerprint density at radius 3 is 2.06 bits per heavy atom. The highest BCUT2D eigenvalue weighted by molar-refractivity contribution is 7.89. The number of carbonyl (C=O) groups excluding carboxylic acids is 1. The summed E-state index contributed by atoms with van der Waals surface area (Å²) in [7, 11) is -3.54. The van der Waals surface area contributed by atoms with Gasteiger partial charge in [-0.2, -0.15) is 4.31 Å². The molecule has 0 aliphatic heterocycles. The first kappa shape index (κ1) is 24.8. The fourth-order valence-corrected chi connectivity index (χ4v) is 4.75. The van der Waals surface area contributed by atoms with Crippen molar-refractivity contribution in [1.29, 1.82) is 0 Å². The summed E-state index contributed by atoms with van der Waals surface area (Å²) in [6.45, 7) is 7.31. The van der Waals surface area contributed by atoms with Crippen molar-refractivity contribution in [3.05, 3.63) is 54.1 Å². The number of benzene rings is 2. The highest BCUT2D eigenvalue weighted by atomic mass is 32.2. The Balaban J connectivity index is 2.00. The first-order valence-corrected chi connectivity index (χ1v) is 12.1. The van der Waals surface area contributed by atoms with Gasteiger partial charge in [0.1, 0.15) is 5.75 Å². The van der Waals surface area contributed by atoms with E-state index in [1.807, 2.05) is 20.8 Å². The third-order valence-electron chi connectivity index (χ3n) is 4.35. The third kappa shape index (κ3) is 7.02. The lowest BCUT2D eigenvalue weighted by molar-refractivity contribution is 0.0977. The lowest BCUT2D eigenvalue weighted by Gasteiger charge is -2.21. The molecule has 7 nitrogen and oxygen atoms in total. The van der Waals surface area contributed by atoms with Crippen molar-refractivity contribution >= 4 is 38.9 Å². The number of sulfonamides is 1. The minimum Gasteiger partial charge on any atom is -0.494 e. The quantitative estimate of drug-likeness (QED) is 0.518. The van der Waals surface area contributed by atoms with Gasteiger partial charge < -0.3 is 10.1 Å². The van der Waals surface area contributed by atoms with Gasteiger partial charge in [-0.15, -0.1) is 0 Å². The first-order valence-electron chi connectivity index (χ1n) is 10.3. The number of hydrogen-bond donors (Lipinski definition) is 2. The van der Waals surface area contributed by atoms with Crippen LogP contribution in [0.3, 0.4) is 0 Å². The molecule has 168 valence electrons. The summed E-state index contributed by atoms with van der Waals surface area (Å²) in [5.41, 5.74) is 1.02. The Labute approximate surface area is 189 Å². The largest absolute Gasteiger partial charge is 0.494 e. The van der Waals surface area contributed by atoms with E-state index in [1.54, 1.807) is 36.4 Å². The van der Waals surface area contributed by atoms with Crippen LogP contribution >= 0.6 is 12.2 Å². The molecular formula is C22H29N3O4S2. The average Bonchev–Trinajstić information content (AvgIpc) is 2.74. The molecule has 0 aliphatic rings. The van der Waals surface area contributed by atoms with Crippen LogP contribution in [-0.2, 0) is 10.0 Å². The van der Waals surface area contributed by atoms with Crippen LogP contribution in [0.1, 0.15) is 44.0 Å². The second kappa shape index (κ2) is 11.8. The molecule has 0 saturated heterocycles. The maximum absolute atomic E-state index is 12.8. The summed E-state index contributed by atoms with van der Waals surface area (Å²) >= 11 is 5.20. The molecule has 0 aliphatic carbocycles. The van der Waals surface area contributed by atoms with Gasteiger partial charge >= 0.3 is 0 Å². The van der Waals surface area contributed by atoms with Crippen LogP contribution in [-0.4, -0.2) is 43.4 Å². The van der Waals surface area contributed by atoms with E-state index >= 15 is 0 Å². The predicted octanol–water partition coefficient (Wildman–Crippen LogP) is 4.02. The van der Waals surface area contributed by atoms with E-state index in [9.17, 15) is 13.2 Å². The summed E-state index contributed by atoms with van der Waals surface area (Å²) in [6, 6.07) is 13.1. The number of nitrogens with zero attached hydrogens (tertiary/aromatic N) is 1. The molecule has 0 saturated carbocycles.